The molecule has 0 aromatic rings. The van der Waals surface area contributed by atoms with E-state index in [2.05, 4.69) is 16.0 Å². The van der Waals surface area contributed by atoms with Gasteiger partial charge in [0.15, 0.2) is 0 Å². The first-order chi connectivity index (χ1) is 13.0. The van der Waals surface area contributed by atoms with Crippen molar-refractivity contribution in [2.45, 2.75) is 57.5 Å². The van der Waals surface area contributed by atoms with Gasteiger partial charge in [0, 0.05) is 13.1 Å². The van der Waals surface area contributed by atoms with E-state index in [0.717, 1.165) is 12.8 Å². The zero-order chi connectivity index (χ0) is 19.8. The van der Waals surface area contributed by atoms with E-state index >= 15 is 0 Å². The summed E-state index contributed by atoms with van der Waals surface area (Å²) < 4.78 is 0. The number of Topliss-reactive ketones (excluding diaryl/α,β-unsaturated/α-hetero) is 1. The summed E-state index contributed by atoms with van der Waals surface area (Å²) in [7, 11) is 0. The highest BCUT2D eigenvalue weighted by Crippen LogP contribution is 2.33. The predicted octanol–water partition coefficient (Wildman–Crippen LogP) is -0.896. The lowest BCUT2D eigenvalue weighted by Gasteiger charge is -2.26. The number of hydrogen-bond acceptors (Lipinski definition) is 5. The molecule has 9 heteroatoms. The molecule has 1 aliphatic heterocycles. The topological polar surface area (TPSA) is 125 Å². The van der Waals surface area contributed by atoms with E-state index in [1.807, 2.05) is 6.92 Å². The molecule has 27 heavy (non-hydrogen) atoms. The van der Waals surface area contributed by atoms with Crippen LogP contribution in [0.1, 0.15) is 45.4 Å². The van der Waals surface area contributed by atoms with Crippen molar-refractivity contribution in [3.8, 4) is 0 Å². The van der Waals surface area contributed by atoms with E-state index in [1.165, 1.54) is 4.90 Å². The number of ketones is 1. The van der Waals surface area contributed by atoms with Crippen molar-refractivity contribution >= 4 is 29.9 Å². The van der Waals surface area contributed by atoms with Crippen LogP contribution in [0.4, 0.5) is 0 Å². The van der Waals surface area contributed by atoms with Gasteiger partial charge in [0.25, 0.3) is 5.91 Å². The van der Waals surface area contributed by atoms with Crippen molar-refractivity contribution in [2.24, 2.45) is 5.92 Å². The molecule has 9 nitrogen and oxygen atoms in total. The zero-order valence-corrected chi connectivity index (χ0v) is 15.7. The summed E-state index contributed by atoms with van der Waals surface area (Å²) in [4.78, 5) is 61.1. The van der Waals surface area contributed by atoms with E-state index in [1.54, 1.807) is 0 Å². The van der Waals surface area contributed by atoms with Crippen molar-refractivity contribution in [3.05, 3.63) is 0 Å². The highest BCUT2D eigenvalue weighted by molar-refractivity contribution is 6.38. The molecule has 1 aliphatic carbocycles. The second-order valence-electron chi connectivity index (χ2n) is 7.10. The van der Waals surface area contributed by atoms with Gasteiger partial charge in [-0.15, -0.1) is 0 Å². The van der Waals surface area contributed by atoms with Gasteiger partial charge in [-0.3, -0.25) is 24.0 Å². The highest BCUT2D eigenvalue weighted by atomic mass is 16.2. The number of carbonyl (C=O) groups is 5. The molecule has 2 fully saturated rings. The lowest BCUT2D eigenvalue weighted by Crippen LogP contribution is -2.54. The lowest BCUT2D eigenvalue weighted by molar-refractivity contribution is -0.142. The first-order valence-corrected chi connectivity index (χ1v) is 9.56. The smallest absolute Gasteiger partial charge is 0.289 e. The number of rotatable bonds is 11. The molecular weight excluding hydrogens is 352 g/mol. The minimum absolute atomic E-state index is 0.170. The van der Waals surface area contributed by atoms with Crippen LogP contribution >= 0.6 is 0 Å². The van der Waals surface area contributed by atoms with Gasteiger partial charge in [-0.1, -0.05) is 19.8 Å². The molecule has 2 unspecified atom stereocenters. The number of likely N-dealkylation sites (tertiary alicyclic amines) is 1. The number of carbonyl (C=O) groups excluding carboxylic acids is 5. The largest absolute Gasteiger partial charge is 0.350 e. The van der Waals surface area contributed by atoms with Crippen molar-refractivity contribution < 1.29 is 24.0 Å². The van der Waals surface area contributed by atoms with Gasteiger partial charge < -0.3 is 20.9 Å². The van der Waals surface area contributed by atoms with Crippen LogP contribution < -0.4 is 16.0 Å². The summed E-state index contributed by atoms with van der Waals surface area (Å²) in [6.45, 7) is 2.55. The molecule has 0 aromatic heterocycles. The second kappa shape index (κ2) is 10.0. The van der Waals surface area contributed by atoms with Gasteiger partial charge in [0.1, 0.15) is 6.04 Å². The van der Waals surface area contributed by atoms with Crippen LogP contribution in [-0.2, 0) is 24.0 Å². The molecule has 0 spiro atoms. The van der Waals surface area contributed by atoms with E-state index in [9.17, 15) is 24.0 Å². The Bertz CT molecular complexity index is 590. The molecule has 0 aromatic carbocycles. The molecule has 0 bridgehead atoms. The fraction of sp³-hybridized carbons (Fsp3) is 0.722. The Morgan fingerprint density at radius 3 is 2.56 bits per heavy atom. The minimum atomic E-state index is -0.868. The first-order valence-electron chi connectivity index (χ1n) is 9.56. The number of hydrogen-bond donors (Lipinski definition) is 3. The van der Waals surface area contributed by atoms with Crippen LogP contribution in [0.25, 0.3) is 0 Å². The Labute approximate surface area is 158 Å². The maximum Gasteiger partial charge on any atom is 0.289 e. The maximum absolute atomic E-state index is 12.7. The number of nitrogens with one attached hydrogen (secondary N) is 3. The van der Waals surface area contributed by atoms with Gasteiger partial charge in [-0.2, -0.15) is 0 Å². The normalized spacial score (nSPS) is 19.9. The second-order valence-corrected chi connectivity index (χ2v) is 7.10. The van der Waals surface area contributed by atoms with Crippen LogP contribution in [0.15, 0.2) is 0 Å². The van der Waals surface area contributed by atoms with Crippen LogP contribution in [-0.4, -0.2) is 66.5 Å². The molecular formula is C18H28N4O5. The average Bonchev–Trinajstić information content (AvgIpc) is 3.34. The molecule has 2 aliphatic rings. The molecule has 0 radical (unpaired) electrons. The molecule has 1 heterocycles. The third-order valence-corrected chi connectivity index (χ3v) is 4.87. The van der Waals surface area contributed by atoms with E-state index in [-0.39, 0.29) is 12.5 Å². The summed E-state index contributed by atoms with van der Waals surface area (Å²) in [6.07, 6.45) is 4.73. The Morgan fingerprint density at radius 1 is 1.19 bits per heavy atom. The summed E-state index contributed by atoms with van der Waals surface area (Å²) in [5, 5.41) is 7.55. The molecule has 3 N–H and O–H groups in total. The van der Waals surface area contributed by atoms with Gasteiger partial charge in [-0.05, 0) is 31.6 Å². The van der Waals surface area contributed by atoms with Gasteiger partial charge >= 0.3 is 0 Å². The van der Waals surface area contributed by atoms with Crippen LogP contribution in [0, 0.1) is 5.92 Å². The number of amides is 4. The summed E-state index contributed by atoms with van der Waals surface area (Å²) in [5.41, 5.74) is 0. The van der Waals surface area contributed by atoms with Gasteiger partial charge in [-0.25, -0.2) is 0 Å². The third kappa shape index (κ3) is 6.04. The molecule has 4 amide bonds. The summed E-state index contributed by atoms with van der Waals surface area (Å²) in [6, 6.07) is -1.55. The van der Waals surface area contributed by atoms with Crippen molar-refractivity contribution in [1.29, 1.82) is 0 Å². The van der Waals surface area contributed by atoms with E-state index < -0.39 is 29.7 Å². The van der Waals surface area contributed by atoms with Crippen LogP contribution in [0.5, 0.6) is 0 Å². The lowest BCUT2D eigenvalue weighted by atomic mass is 10.0. The van der Waals surface area contributed by atoms with Gasteiger partial charge in [0.05, 0.1) is 12.6 Å². The standard InChI is InChI=1S/C18H28N4O5/c1-2-7-20-18(27)16(25)13(9-12-5-6-12)21-17(26)14-4-3-8-22(14)15(24)10-19-11-23/h11-14H,2-10H2,1H3,(H,19,23)(H,20,27)(H,21,26). The Balaban J connectivity index is 1.99. The van der Waals surface area contributed by atoms with E-state index in [4.69, 9.17) is 0 Å². The highest BCUT2D eigenvalue weighted by Gasteiger charge is 2.38. The summed E-state index contributed by atoms with van der Waals surface area (Å²) in [5.74, 6) is -1.74. The monoisotopic (exact) mass is 380 g/mol. The van der Waals surface area contributed by atoms with Crippen molar-refractivity contribution in [3.63, 3.8) is 0 Å². The fourth-order valence-corrected chi connectivity index (χ4v) is 3.24. The van der Waals surface area contributed by atoms with Gasteiger partial charge in [0.2, 0.25) is 24.0 Å². The molecule has 1 saturated heterocycles. The van der Waals surface area contributed by atoms with E-state index in [0.29, 0.717) is 51.1 Å². The van der Waals surface area contributed by atoms with Crippen LogP contribution in [0.2, 0.25) is 0 Å². The Hall–Kier alpha value is -2.45. The first kappa shape index (κ1) is 20.9. The fourth-order valence-electron chi connectivity index (χ4n) is 3.24. The molecule has 2 atom stereocenters. The predicted molar refractivity (Wildman–Crippen MR) is 96.4 cm³/mol. The van der Waals surface area contributed by atoms with Crippen molar-refractivity contribution in [1.82, 2.24) is 20.9 Å². The number of nitrogens with zero attached hydrogens (tertiary/aromatic N) is 1. The Morgan fingerprint density at radius 2 is 1.93 bits per heavy atom. The molecule has 150 valence electrons. The molecule has 2 rings (SSSR count). The average molecular weight is 380 g/mol. The van der Waals surface area contributed by atoms with Crippen molar-refractivity contribution in [2.75, 3.05) is 19.6 Å². The maximum atomic E-state index is 12.7. The molecule has 1 saturated carbocycles. The Kier molecular flexibility index (Phi) is 7.75. The summed E-state index contributed by atoms with van der Waals surface area (Å²) >= 11 is 0. The van der Waals surface area contributed by atoms with Crippen LogP contribution in [0.3, 0.4) is 0 Å². The third-order valence-electron chi connectivity index (χ3n) is 4.87. The minimum Gasteiger partial charge on any atom is -0.350 e. The SMILES string of the molecule is CCCNC(=O)C(=O)C(CC1CC1)NC(=O)C1CCCN1C(=O)CNC=O. The quantitative estimate of drug-likeness (QED) is 0.317. The zero-order valence-electron chi connectivity index (χ0n) is 15.7.